The van der Waals surface area contributed by atoms with Crippen LogP contribution in [0.1, 0.15) is 35.3 Å². The van der Waals surface area contributed by atoms with E-state index in [0.29, 0.717) is 11.6 Å². The average molecular weight is 268 g/mol. The Balaban J connectivity index is 2.23. The predicted molar refractivity (Wildman–Crippen MR) is 82.5 cm³/mol. The van der Waals surface area contributed by atoms with E-state index in [9.17, 15) is 4.79 Å². The zero-order valence-electron chi connectivity index (χ0n) is 11.9. The number of carbonyl (C=O) groups is 1. The Morgan fingerprint density at radius 3 is 1.95 bits per heavy atom. The van der Waals surface area contributed by atoms with Gasteiger partial charge in [0.1, 0.15) is 0 Å². The smallest absolute Gasteiger partial charge is 0.248 e. The van der Waals surface area contributed by atoms with Crippen LogP contribution < -0.4 is 11.1 Å². The maximum absolute atomic E-state index is 11.0. The first-order valence-corrected chi connectivity index (χ1v) is 6.83. The maximum Gasteiger partial charge on any atom is 0.248 e. The molecule has 1 amide bonds. The summed E-state index contributed by atoms with van der Waals surface area (Å²) >= 11 is 0. The summed E-state index contributed by atoms with van der Waals surface area (Å²) in [5, 5.41) is 3.30. The van der Waals surface area contributed by atoms with Crippen molar-refractivity contribution in [3.63, 3.8) is 0 Å². The van der Waals surface area contributed by atoms with Gasteiger partial charge in [0.15, 0.2) is 0 Å². The second kappa shape index (κ2) is 6.35. The Morgan fingerprint density at radius 1 is 1.05 bits per heavy atom. The third-order valence-corrected chi connectivity index (χ3v) is 3.57. The predicted octanol–water partition coefficient (Wildman–Crippen LogP) is 3.12. The van der Waals surface area contributed by atoms with Crippen LogP contribution in [0.15, 0.2) is 48.5 Å². The van der Waals surface area contributed by atoms with Crippen molar-refractivity contribution < 1.29 is 4.79 Å². The molecule has 3 N–H and O–H groups in total. The van der Waals surface area contributed by atoms with Gasteiger partial charge in [0.25, 0.3) is 0 Å². The largest absolute Gasteiger partial charge is 0.366 e. The molecular formula is C17H20N2O. The number of benzene rings is 2. The summed E-state index contributed by atoms with van der Waals surface area (Å²) in [6.45, 7) is 2.16. The van der Waals surface area contributed by atoms with Crippen LogP contribution in [0.5, 0.6) is 0 Å². The van der Waals surface area contributed by atoms with Gasteiger partial charge in [-0.25, -0.2) is 0 Å². The molecule has 0 saturated heterocycles. The van der Waals surface area contributed by atoms with E-state index in [-0.39, 0.29) is 0 Å². The molecule has 0 aliphatic rings. The third-order valence-electron chi connectivity index (χ3n) is 3.57. The van der Waals surface area contributed by atoms with E-state index >= 15 is 0 Å². The molecule has 0 spiro atoms. The summed E-state index contributed by atoms with van der Waals surface area (Å²) in [5.74, 6) is -0.397. The van der Waals surface area contributed by atoms with Gasteiger partial charge in [-0.3, -0.25) is 4.79 Å². The van der Waals surface area contributed by atoms with Crippen LogP contribution in [-0.2, 0) is 0 Å². The highest BCUT2D eigenvalue weighted by atomic mass is 16.1. The summed E-state index contributed by atoms with van der Waals surface area (Å²) in [6, 6.07) is 16.2. The fourth-order valence-electron chi connectivity index (χ4n) is 2.34. The second-order valence-electron chi connectivity index (χ2n) is 4.81. The normalized spacial score (nSPS) is 12.1. The Morgan fingerprint density at radius 2 is 1.55 bits per heavy atom. The van der Waals surface area contributed by atoms with Crippen molar-refractivity contribution in [3.05, 3.63) is 59.7 Å². The van der Waals surface area contributed by atoms with Crippen LogP contribution in [0.2, 0.25) is 0 Å². The number of amides is 1. The Kier molecular flexibility index (Phi) is 4.53. The molecule has 0 aliphatic heterocycles. The Labute approximate surface area is 119 Å². The molecule has 0 radical (unpaired) electrons. The minimum atomic E-state index is -0.397. The number of hydrogen-bond donors (Lipinski definition) is 2. The minimum absolute atomic E-state index is 0.390. The molecule has 3 nitrogen and oxygen atoms in total. The molecule has 0 fully saturated rings. The van der Waals surface area contributed by atoms with Crippen molar-refractivity contribution in [1.82, 2.24) is 5.32 Å². The highest BCUT2D eigenvalue weighted by Gasteiger charge is 2.07. The van der Waals surface area contributed by atoms with Crippen LogP contribution in [0, 0.1) is 0 Å². The maximum atomic E-state index is 11.0. The van der Waals surface area contributed by atoms with E-state index in [1.54, 1.807) is 12.1 Å². The molecule has 2 rings (SSSR count). The van der Waals surface area contributed by atoms with E-state index in [1.165, 1.54) is 5.56 Å². The molecule has 0 heterocycles. The number of carbonyl (C=O) groups excluding carboxylic acids is 1. The molecule has 2 aromatic rings. The molecular weight excluding hydrogens is 248 g/mol. The number of nitrogens with two attached hydrogens (primary N) is 1. The molecule has 0 bridgehead atoms. The zero-order chi connectivity index (χ0) is 14.5. The topological polar surface area (TPSA) is 55.1 Å². The van der Waals surface area contributed by atoms with Crippen LogP contribution in [0.25, 0.3) is 11.1 Å². The molecule has 104 valence electrons. The Bertz CT molecular complexity index is 569. The van der Waals surface area contributed by atoms with E-state index in [2.05, 4.69) is 36.5 Å². The molecule has 0 saturated carbocycles. The van der Waals surface area contributed by atoms with Gasteiger partial charge < -0.3 is 11.1 Å². The van der Waals surface area contributed by atoms with Gasteiger partial charge in [-0.1, -0.05) is 43.3 Å². The van der Waals surface area contributed by atoms with Crippen molar-refractivity contribution in [2.75, 3.05) is 7.05 Å². The first kappa shape index (κ1) is 14.3. The standard InChI is InChI=1S/C17H20N2O/c1-3-16(19-2)14-8-4-12(5-9-14)13-6-10-15(11-7-13)17(18)20/h4-11,16,19H,3H2,1-2H3,(H2,18,20). The van der Waals surface area contributed by atoms with Gasteiger partial charge in [-0.05, 0) is 42.3 Å². The summed E-state index contributed by atoms with van der Waals surface area (Å²) in [5.41, 5.74) is 9.28. The molecule has 3 heteroatoms. The fourth-order valence-corrected chi connectivity index (χ4v) is 2.34. The Hall–Kier alpha value is -2.13. The van der Waals surface area contributed by atoms with E-state index in [4.69, 9.17) is 5.73 Å². The van der Waals surface area contributed by atoms with E-state index < -0.39 is 5.91 Å². The van der Waals surface area contributed by atoms with Gasteiger partial charge in [0.05, 0.1) is 0 Å². The first-order valence-electron chi connectivity index (χ1n) is 6.83. The molecule has 0 aromatic heterocycles. The molecule has 2 aromatic carbocycles. The summed E-state index contributed by atoms with van der Waals surface area (Å²) in [4.78, 5) is 11.0. The summed E-state index contributed by atoms with van der Waals surface area (Å²) in [7, 11) is 1.98. The number of hydrogen-bond acceptors (Lipinski definition) is 2. The first-order chi connectivity index (χ1) is 9.65. The molecule has 1 atom stereocenters. The van der Waals surface area contributed by atoms with Crippen LogP contribution in [-0.4, -0.2) is 13.0 Å². The van der Waals surface area contributed by atoms with E-state index in [1.807, 2.05) is 19.2 Å². The number of primary amides is 1. The number of nitrogens with one attached hydrogen (secondary N) is 1. The van der Waals surface area contributed by atoms with Gasteiger partial charge in [0, 0.05) is 11.6 Å². The van der Waals surface area contributed by atoms with Gasteiger partial charge >= 0.3 is 0 Å². The lowest BCUT2D eigenvalue weighted by molar-refractivity contribution is 0.100. The lowest BCUT2D eigenvalue weighted by atomic mass is 9.99. The molecule has 0 aliphatic carbocycles. The van der Waals surface area contributed by atoms with Crippen molar-refractivity contribution >= 4 is 5.91 Å². The van der Waals surface area contributed by atoms with Crippen molar-refractivity contribution in [2.45, 2.75) is 19.4 Å². The lowest BCUT2D eigenvalue weighted by Gasteiger charge is -2.14. The van der Waals surface area contributed by atoms with Gasteiger partial charge in [-0.2, -0.15) is 0 Å². The zero-order valence-corrected chi connectivity index (χ0v) is 11.9. The summed E-state index contributed by atoms with van der Waals surface area (Å²) in [6.07, 6.45) is 1.06. The van der Waals surface area contributed by atoms with Crippen LogP contribution >= 0.6 is 0 Å². The molecule has 1 unspecified atom stereocenters. The quantitative estimate of drug-likeness (QED) is 0.875. The average Bonchev–Trinajstić information content (AvgIpc) is 2.49. The highest BCUT2D eigenvalue weighted by molar-refractivity contribution is 5.93. The van der Waals surface area contributed by atoms with Crippen LogP contribution in [0.3, 0.4) is 0 Å². The fraction of sp³-hybridized carbons (Fsp3) is 0.235. The van der Waals surface area contributed by atoms with E-state index in [0.717, 1.165) is 17.5 Å². The third kappa shape index (κ3) is 3.06. The minimum Gasteiger partial charge on any atom is -0.366 e. The number of rotatable bonds is 5. The highest BCUT2D eigenvalue weighted by Crippen LogP contribution is 2.23. The monoisotopic (exact) mass is 268 g/mol. The molecule has 20 heavy (non-hydrogen) atoms. The van der Waals surface area contributed by atoms with Crippen molar-refractivity contribution in [3.8, 4) is 11.1 Å². The van der Waals surface area contributed by atoms with Gasteiger partial charge in [-0.15, -0.1) is 0 Å². The van der Waals surface area contributed by atoms with Crippen molar-refractivity contribution in [1.29, 1.82) is 0 Å². The van der Waals surface area contributed by atoms with Crippen LogP contribution in [0.4, 0.5) is 0 Å². The second-order valence-corrected chi connectivity index (χ2v) is 4.81. The lowest BCUT2D eigenvalue weighted by Crippen LogP contribution is -2.14. The van der Waals surface area contributed by atoms with Crippen molar-refractivity contribution in [2.24, 2.45) is 5.73 Å². The van der Waals surface area contributed by atoms with Gasteiger partial charge in [0.2, 0.25) is 5.91 Å². The SMILES string of the molecule is CCC(NC)c1ccc(-c2ccc(C(N)=O)cc2)cc1. The summed E-state index contributed by atoms with van der Waals surface area (Å²) < 4.78 is 0.